The van der Waals surface area contributed by atoms with Gasteiger partial charge in [0.15, 0.2) is 0 Å². The number of hydrogen-bond donors (Lipinski definition) is 1. The summed E-state index contributed by atoms with van der Waals surface area (Å²) in [4.78, 5) is 31.0. The van der Waals surface area contributed by atoms with E-state index in [4.69, 9.17) is 10.00 Å². The van der Waals surface area contributed by atoms with Crippen molar-refractivity contribution in [2.24, 2.45) is 0 Å². The number of aryl methyl sites for hydroxylation is 2. The van der Waals surface area contributed by atoms with Crippen molar-refractivity contribution in [3.8, 4) is 6.07 Å². The molecule has 1 aromatic carbocycles. The summed E-state index contributed by atoms with van der Waals surface area (Å²) in [6.07, 6.45) is 2.14. The maximum atomic E-state index is 12.0. The molecule has 0 unspecified atom stereocenters. The van der Waals surface area contributed by atoms with Gasteiger partial charge < -0.3 is 9.72 Å². The lowest BCUT2D eigenvalue weighted by atomic mass is 9.99. The zero-order valence-corrected chi connectivity index (χ0v) is 16.7. The second kappa shape index (κ2) is 8.81. The molecule has 6 nitrogen and oxygen atoms in total. The van der Waals surface area contributed by atoms with E-state index in [9.17, 15) is 9.59 Å². The van der Waals surface area contributed by atoms with Crippen LogP contribution in [0, 0.1) is 25.2 Å². The molecular formula is C21H21N3O3S. The highest BCUT2D eigenvalue weighted by Gasteiger charge is 2.14. The van der Waals surface area contributed by atoms with E-state index in [0.717, 1.165) is 33.6 Å². The Morgan fingerprint density at radius 1 is 1.29 bits per heavy atom. The molecule has 2 aromatic heterocycles. The number of hydrogen-bond acceptors (Lipinski definition) is 6. The number of aromatic nitrogens is 2. The highest BCUT2D eigenvalue weighted by Crippen LogP contribution is 2.22. The van der Waals surface area contributed by atoms with Crippen LogP contribution < -0.4 is 5.56 Å². The number of esters is 1. The number of nitrogens with zero attached hydrogens (tertiary/aromatic N) is 2. The van der Waals surface area contributed by atoms with Crippen molar-refractivity contribution in [2.45, 2.75) is 39.5 Å². The van der Waals surface area contributed by atoms with Crippen LogP contribution in [0.3, 0.4) is 0 Å². The van der Waals surface area contributed by atoms with E-state index in [2.05, 4.69) is 16.0 Å². The fourth-order valence-electron chi connectivity index (χ4n) is 3.16. The molecule has 144 valence electrons. The molecule has 0 aliphatic carbocycles. The minimum atomic E-state index is -0.390. The summed E-state index contributed by atoms with van der Waals surface area (Å²) in [6, 6.07) is 9.93. The number of carbonyl (C=O) groups excluding carboxylic acids is 1. The van der Waals surface area contributed by atoms with Crippen molar-refractivity contribution in [2.75, 3.05) is 6.61 Å². The Balaban J connectivity index is 1.47. The molecule has 1 N–H and O–H groups in total. The monoisotopic (exact) mass is 395 g/mol. The molecule has 0 bridgehead atoms. The lowest BCUT2D eigenvalue weighted by Gasteiger charge is -2.10. The van der Waals surface area contributed by atoms with Gasteiger partial charge in [0.05, 0.1) is 21.8 Å². The van der Waals surface area contributed by atoms with Crippen LogP contribution in [0.5, 0.6) is 0 Å². The number of rotatable bonds is 7. The number of benzene rings is 1. The van der Waals surface area contributed by atoms with Crippen LogP contribution in [0.1, 0.15) is 40.2 Å². The molecule has 0 amide bonds. The number of pyridine rings is 1. The quantitative estimate of drug-likeness (QED) is 0.487. The van der Waals surface area contributed by atoms with Gasteiger partial charge in [-0.1, -0.05) is 12.1 Å². The van der Waals surface area contributed by atoms with E-state index in [-0.39, 0.29) is 18.0 Å². The molecule has 3 aromatic rings. The van der Waals surface area contributed by atoms with Gasteiger partial charge in [0.25, 0.3) is 5.56 Å². The van der Waals surface area contributed by atoms with Crippen molar-refractivity contribution in [1.29, 1.82) is 5.26 Å². The molecule has 3 rings (SSSR count). The third kappa shape index (κ3) is 4.46. The van der Waals surface area contributed by atoms with Gasteiger partial charge in [-0.3, -0.25) is 9.59 Å². The Kier molecular flexibility index (Phi) is 6.22. The normalized spacial score (nSPS) is 10.8. The number of carbonyl (C=O) groups is 1. The van der Waals surface area contributed by atoms with Crippen LogP contribution in [-0.4, -0.2) is 22.5 Å². The molecule has 0 aliphatic heterocycles. The molecular weight excluding hydrogens is 374 g/mol. The molecule has 0 fully saturated rings. The van der Waals surface area contributed by atoms with E-state index in [0.29, 0.717) is 24.3 Å². The fourth-order valence-corrected chi connectivity index (χ4v) is 4.16. The summed E-state index contributed by atoms with van der Waals surface area (Å²) in [7, 11) is 0. The molecule has 0 spiro atoms. The van der Waals surface area contributed by atoms with E-state index in [1.807, 2.05) is 24.3 Å². The summed E-state index contributed by atoms with van der Waals surface area (Å²) in [5.74, 6) is -0.284. The highest BCUT2D eigenvalue weighted by molar-refractivity contribution is 7.18. The zero-order chi connectivity index (χ0) is 20.1. The Labute approximate surface area is 166 Å². The minimum absolute atomic E-state index is 0.102. The second-order valence-electron chi connectivity index (χ2n) is 6.57. The maximum Gasteiger partial charge on any atom is 0.306 e. The number of para-hydroxylation sites is 1. The topological polar surface area (TPSA) is 95.8 Å². The minimum Gasteiger partial charge on any atom is -0.466 e. The van der Waals surface area contributed by atoms with Gasteiger partial charge in [-0.25, -0.2) is 4.98 Å². The van der Waals surface area contributed by atoms with Gasteiger partial charge in [-0.15, -0.1) is 11.3 Å². The predicted octanol–water partition coefficient (Wildman–Crippen LogP) is 3.58. The number of ether oxygens (including phenoxy) is 1. The first-order valence-corrected chi connectivity index (χ1v) is 9.93. The summed E-state index contributed by atoms with van der Waals surface area (Å²) in [5.41, 5.74) is 2.85. The van der Waals surface area contributed by atoms with E-state index >= 15 is 0 Å². The van der Waals surface area contributed by atoms with E-state index in [1.54, 1.807) is 25.2 Å². The summed E-state index contributed by atoms with van der Waals surface area (Å²) in [6.45, 7) is 3.86. The fraction of sp³-hybridized carbons (Fsp3) is 0.333. The zero-order valence-electron chi connectivity index (χ0n) is 15.9. The van der Waals surface area contributed by atoms with Crippen molar-refractivity contribution in [3.05, 3.63) is 62.0 Å². The first-order chi connectivity index (χ1) is 13.5. The van der Waals surface area contributed by atoms with E-state index < -0.39 is 5.56 Å². The van der Waals surface area contributed by atoms with Crippen LogP contribution in [0.25, 0.3) is 10.2 Å². The Bertz CT molecular complexity index is 1080. The standard InChI is InChI=1S/C21H21N3O3S/c1-13-15(14(2)23-21(26)16(13)12-22)9-10-20(25)27-11-5-8-19-24-17-6-3-4-7-18(17)28-19/h3-4,6-7H,5,8-11H2,1-2H3,(H,23,26). The number of fused-ring (bicyclic) bond motifs is 1. The van der Waals surface area contributed by atoms with Gasteiger partial charge >= 0.3 is 5.97 Å². The molecule has 7 heteroatoms. The molecule has 0 atom stereocenters. The first-order valence-electron chi connectivity index (χ1n) is 9.12. The smallest absolute Gasteiger partial charge is 0.306 e. The molecule has 0 saturated carbocycles. The van der Waals surface area contributed by atoms with Crippen LogP contribution in [0.4, 0.5) is 0 Å². The molecule has 0 radical (unpaired) electrons. The highest BCUT2D eigenvalue weighted by atomic mass is 32.1. The van der Waals surface area contributed by atoms with Gasteiger partial charge in [-0.2, -0.15) is 5.26 Å². The van der Waals surface area contributed by atoms with Gasteiger partial charge in [0, 0.05) is 18.5 Å². The van der Waals surface area contributed by atoms with Crippen molar-refractivity contribution in [1.82, 2.24) is 9.97 Å². The van der Waals surface area contributed by atoms with Crippen LogP contribution in [0.15, 0.2) is 29.1 Å². The molecule has 0 aliphatic rings. The van der Waals surface area contributed by atoms with Gasteiger partial charge in [0.2, 0.25) is 0 Å². The van der Waals surface area contributed by atoms with E-state index in [1.165, 1.54) is 0 Å². The van der Waals surface area contributed by atoms with Crippen LogP contribution in [-0.2, 0) is 22.4 Å². The third-order valence-corrected chi connectivity index (χ3v) is 5.73. The average molecular weight is 395 g/mol. The number of thiazole rings is 1. The molecule has 28 heavy (non-hydrogen) atoms. The number of nitriles is 1. The van der Waals surface area contributed by atoms with Crippen molar-refractivity contribution < 1.29 is 9.53 Å². The SMILES string of the molecule is Cc1[nH]c(=O)c(C#N)c(C)c1CCC(=O)OCCCc1nc2ccccc2s1. The predicted molar refractivity (Wildman–Crippen MR) is 108 cm³/mol. The first kappa shape index (κ1) is 19.8. The average Bonchev–Trinajstić information content (AvgIpc) is 3.08. The lowest BCUT2D eigenvalue weighted by Crippen LogP contribution is -2.17. The second-order valence-corrected chi connectivity index (χ2v) is 7.68. The number of nitrogens with one attached hydrogen (secondary N) is 1. The summed E-state index contributed by atoms with van der Waals surface area (Å²) < 4.78 is 6.49. The van der Waals surface area contributed by atoms with Crippen LogP contribution >= 0.6 is 11.3 Å². The molecule has 0 saturated heterocycles. The summed E-state index contributed by atoms with van der Waals surface area (Å²) in [5, 5.41) is 10.2. The Morgan fingerprint density at radius 2 is 2.07 bits per heavy atom. The largest absolute Gasteiger partial charge is 0.466 e. The third-order valence-electron chi connectivity index (χ3n) is 4.64. The maximum absolute atomic E-state index is 12.0. The number of H-pyrrole nitrogens is 1. The summed E-state index contributed by atoms with van der Waals surface area (Å²) >= 11 is 1.66. The Hall–Kier alpha value is -2.98. The number of aromatic amines is 1. The van der Waals surface area contributed by atoms with Crippen molar-refractivity contribution in [3.63, 3.8) is 0 Å². The van der Waals surface area contributed by atoms with Gasteiger partial charge in [-0.05, 0) is 49.9 Å². The van der Waals surface area contributed by atoms with Gasteiger partial charge in [0.1, 0.15) is 11.6 Å². The van der Waals surface area contributed by atoms with Crippen molar-refractivity contribution >= 4 is 27.5 Å². The lowest BCUT2D eigenvalue weighted by molar-refractivity contribution is -0.143. The molecule has 2 heterocycles. The van der Waals surface area contributed by atoms with Crippen LogP contribution in [0.2, 0.25) is 0 Å². The Morgan fingerprint density at radius 3 is 2.82 bits per heavy atom.